The number of fused-ring (bicyclic) bond motifs is 2. The summed E-state index contributed by atoms with van der Waals surface area (Å²) in [4.78, 5) is 17.6. The highest BCUT2D eigenvalue weighted by atomic mass is 35.5. The zero-order valence-electron chi connectivity index (χ0n) is 18.3. The number of amides is 1. The maximum absolute atomic E-state index is 13.1. The van der Waals surface area contributed by atoms with E-state index in [9.17, 15) is 4.79 Å². The van der Waals surface area contributed by atoms with Crippen LogP contribution in [0.1, 0.15) is 34.5 Å². The summed E-state index contributed by atoms with van der Waals surface area (Å²) >= 11 is 6.41. The van der Waals surface area contributed by atoms with Crippen LogP contribution in [0.2, 0.25) is 5.15 Å². The Hall–Kier alpha value is -2.76. The number of piperidine rings is 1. The summed E-state index contributed by atoms with van der Waals surface area (Å²) in [6.45, 7) is 3.87. The molecule has 2 aliphatic rings. The number of hydrogen-bond donors (Lipinski definition) is 0. The molecule has 0 radical (unpaired) electrons. The van der Waals surface area contributed by atoms with Crippen molar-refractivity contribution in [3.8, 4) is 5.75 Å². The lowest BCUT2D eigenvalue weighted by Gasteiger charge is -2.50. The first-order valence-electron chi connectivity index (χ1n) is 11.2. The summed E-state index contributed by atoms with van der Waals surface area (Å²) < 4.78 is 8.08. The Labute approximate surface area is 194 Å². The van der Waals surface area contributed by atoms with Crippen LogP contribution in [0.25, 0.3) is 0 Å². The van der Waals surface area contributed by atoms with E-state index in [1.807, 2.05) is 65.6 Å². The number of halogens is 1. The van der Waals surface area contributed by atoms with E-state index in [1.165, 1.54) is 5.69 Å². The van der Waals surface area contributed by atoms with Gasteiger partial charge in [0.1, 0.15) is 17.5 Å². The number of carbonyl (C=O) groups excluding carboxylic acids is 1. The SMILES string of the molecule is CN1CCn2c(Cl)ccc2C12CCN(C(=O)c1ccc(OCc3ccccc3)cc1)CC2. The zero-order chi connectivity index (χ0) is 22.1. The van der Waals surface area contributed by atoms with Crippen molar-refractivity contribution in [3.63, 3.8) is 0 Å². The minimum atomic E-state index is -0.0443. The van der Waals surface area contributed by atoms with Gasteiger partial charge in [-0.05, 0) is 61.9 Å². The van der Waals surface area contributed by atoms with E-state index in [-0.39, 0.29) is 11.4 Å². The topological polar surface area (TPSA) is 37.7 Å². The van der Waals surface area contributed by atoms with Gasteiger partial charge in [0.25, 0.3) is 5.91 Å². The first kappa shape index (κ1) is 21.1. The van der Waals surface area contributed by atoms with Crippen LogP contribution in [0, 0.1) is 0 Å². The van der Waals surface area contributed by atoms with Crippen LogP contribution in [0.15, 0.2) is 66.7 Å². The molecule has 32 heavy (non-hydrogen) atoms. The summed E-state index contributed by atoms with van der Waals surface area (Å²) in [7, 11) is 2.19. The van der Waals surface area contributed by atoms with Crippen molar-refractivity contribution >= 4 is 17.5 Å². The number of nitrogens with zero attached hydrogens (tertiary/aromatic N) is 3. The molecule has 0 unspecified atom stereocenters. The summed E-state index contributed by atoms with van der Waals surface area (Å²) in [5.41, 5.74) is 3.06. The van der Waals surface area contributed by atoms with Gasteiger partial charge >= 0.3 is 0 Å². The van der Waals surface area contributed by atoms with Crippen molar-refractivity contribution in [2.24, 2.45) is 0 Å². The molecule has 1 saturated heterocycles. The maximum atomic E-state index is 13.1. The van der Waals surface area contributed by atoms with E-state index < -0.39 is 0 Å². The Morgan fingerprint density at radius 2 is 1.66 bits per heavy atom. The molecule has 1 spiro atoms. The molecule has 1 fully saturated rings. The summed E-state index contributed by atoms with van der Waals surface area (Å²) in [6, 6.07) is 21.7. The minimum absolute atomic E-state index is 0.0443. The molecule has 2 aromatic carbocycles. The standard InChI is InChI=1S/C26H28ClN3O2/c1-28-17-18-30-23(11-12-24(30)27)26(28)13-15-29(16-14-26)25(31)21-7-9-22(10-8-21)32-19-20-5-3-2-4-6-20/h2-12H,13-19H2,1H3. The highest BCUT2D eigenvalue weighted by Gasteiger charge is 2.44. The Balaban J connectivity index is 1.23. The quantitative estimate of drug-likeness (QED) is 0.574. The van der Waals surface area contributed by atoms with Gasteiger partial charge in [0.05, 0.1) is 5.54 Å². The number of benzene rings is 2. The Morgan fingerprint density at radius 3 is 2.38 bits per heavy atom. The third kappa shape index (κ3) is 3.80. The normalized spacial score (nSPS) is 17.9. The fourth-order valence-electron chi connectivity index (χ4n) is 5.07. The molecular formula is C26H28ClN3O2. The van der Waals surface area contributed by atoms with Crippen molar-refractivity contribution in [2.45, 2.75) is 31.5 Å². The predicted molar refractivity (Wildman–Crippen MR) is 126 cm³/mol. The highest BCUT2D eigenvalue weighted by Crippen LogP contribution is 2.42. The van der Waals surface area contributed by atoms with E-state index >= 15 is 0 Å². The van der Waals surface area contributed by atoms with Gasteiger partial charge in [-0.2, -0.15) is 0 Å². The molecule has 166 valence electrons. The molecule has 6 heteroatoms. The Morgan fingerprint density at radius 1 is 0.938 bits per heavy atom. The van der Waals surface area contributed by atoms with E-state index in [2.05, 4.69) is 22.6 Å². The second kappa shape index (κ2) is 8.64. The van der Waals surface area contributed by atoms with Gasteiger partial charge in [-0.15, -0.1) is 0 Å². The number of ether oxygens (including phenoxy) is 1. The molecule has 0 N–H and O–H groups in total. The van der Waals surface area contributed by atoms with Crippen molar-refractivity contribution in [2.75, 3.05) is 26.7 Å². The molecule has 0 bridgehead atoms. The number of rotatable bonds is 4. The molecule has 0 atom stereocenters. The average molecular weight is 450 g/mol. The van der Waals surface area contributed by atoms with Gasteiger partial charge in [0.2, 0.25) is 0 Å². The van der Waals surface area contributed by atoms with Gasteiger partial charge in [0, 0.05) is 37.4 Å². The summed E-state index contributed by atoms with van der Waals surface area (Å²) in [6.07, 6.45) is 1.82. The van der Waals surface area contributed by atoms with E-state index in [0.29, 0.717) is 12.2 Å². The van der Waals surface area contributed by atoms with Crippen LogP contribution in [0.5, 0.6) is 5.75 Å². The van der Waals surface area contributed by atoms with Gasteiger partial charge in [-0.3, -0.25) is 9.69 Å². The fourth-order valence-corrected chi connectivity index (χ4v) is 5.31. The molecule has 1 amide bonds. The monoisotopic (exact) mass is 449 g/mol. The number of carbonyl (C=O) groups is 1. The molecule has 3 heterocycles. The predicted octanol–water partition coefficient (Wildman–Crippen LogP) is 4.80. The number of likely N-dealkylation sites (N-methyl/N-ethyl adjacent to an activating group) is 1. The third-order valence-electron chi connectivity index (χ3n) is 7.02. The van der Waals surface area contributed by atoms with Crippen molar-refractivity contribution < 1.29 is 9.53 Å². The maximum Gasteiger partial charge on any atom is 0.253 e. The van der Waals surface area contributed by atoms with E-state index in [1.54, 1.807) is 0 Å². The molecule has 1 aromatic heterocycles. The van der Waals surface area contributed by atoms with E-state index in [0.717, 1.165) is 55.5 Å². The van der Waals surface area contributed by atoms with Gasteiger partial charge in [0.15, 0.2) is 0 Å². The van der Waals surface area contributed by atoms with Gasteiger partial charge in [-0.25, -0.2) is 0 Å². The van der Waals surface area contributed by atoms with Crippen molar-refractivity contribution in [1.82, 2.24) is 14.4 Å². The van der Waals surface area contributed by atoms with Crippen LogP contribution >= 0.6 is 11.6 Å². The Kier molecular flexibility index (Phi) is 5.70. The van der Waals surface area contributed by atoms with Crippen LogP contribution in [0.3, 0.4) is 0 Å². The molecule has 5 rings (SSSR count). The van der Waals surface area contributed by atoms with Crippen LogP contribution in [-0.2, 0) is 18.7 Å². The molecule has 3 aromatic rings. The molecule has 5 nitrogen and oxygen atoms in total. The smallest absolute Gasteiger partial charge is 0.253 e. The molecular weight excluding hydrogens is 422 g/mol. The lowest BCUT2D eigenvalue weighted by atomic mass is 9.81. The van der Waals surface area contributed by atoms with Crippen LogP contribution in [0.4, 0.5) is 0 Å². The molecule has 0 aliphatic carbocycles. The number of hydrogen-bond acceptors (Lipinski definition) is 3. The number of likely N-dealkylation sites (tertiary alicyclic amines) is 1. The lowest BCUT2D eigenvalue weighted by molar-refractivity contribution is 0.0132. The second-order valence-electron chi connectivity index (χ2n) is 8.74. The van der Waals surface area contributed by atoms with Crippen LogP contribution < -0.4 is 4.74 Å². The Bertz CT molecular complexity index is 1090. The number of aromatic nitrogens is 1. The summed E-state index contributed by atoms with van der Waals surface area (Å²) in [5, 5.41) is 0.806. The molecule has 2 aliphatic heterocycles. The van der Waals surface area contributed by atoms with Gasteiger partial charge < -0.3 is 14.2 Å². The summed E-state index contributed by atoms with van der Waals surface area (Å²) in [5.74, 6) is 0.853. The first-order valence-corrected chi connectivity index (χ1v) is 11.6. The first-order chi connectivity index (χ1) is 15.6. The largest absolute Gasteiger partial charge is 0.489 e. The minimum Gasteiger partial charge on any atom is -0.489 e. The third-order valence-corrected chi connectivity index (χ3v) is 7.35. The fraction of sp³-hybridized carbons (Fsp3) is 0.346. The van der Waals surface area contributed by atoms with Gasteiger partial charge in [-0.1, -0.05) is 41.9 Å². The molecule has 0 saturated carbocycles. The van der Waals surface area contributed by atoms with Crippen LogP contribution in [-0.4, -0.2) is 47.0 Å². The van der Waals surface area contributed by atoms with Crippen molar-refractivity contribution in [3.05, 3.63) is 88.7 Å². The second-order valence-corrected chi connectivity index (χ2v) is 9.12. The lowest BCUT2D eigenvalue weighted by Crippen LogP contribution is -2.56. The zero-order valence-corrected chi connectivity index (χ0v) is 19.1. The van der Waals surface area contributed by atoms with Crippen molar-refractivity contribution in [1.29, 1.82) is 0 Å². The highest BCUT2D eigenvalue weighted by molar-refractivity contribution is 6.29. The average Bonchev–Trinajstić information content (AvgIpc) is 3.23. The van der Waals surface area contributed by atoms with E-state index in [4.69, 9.17) is 16.3 Å².